The zero-order valence-corrected chi connectivity index (χ0v) is 12.7. The standard InChI is InChI=1S/C18H14N2O4/c21-18-20(19-17(24-18)16-9-4-11-22-16)10-12-23-15-8-3-6-13-5-1-2-7-14(13)15/h1-9,11H,10,12H2. The summed E-state index contributed by atoms with van der Waals surface area (Å²) in [6.07, 6.45) is 1.50. The highest BCUT2D eigenvalue weighted by atomic mass is 16.5. The van der Waals surface area contributed by atoms with E-state index in [0.717, 1.165) is 16.5 Å². The van der Waals surface area contributed by atoms with Crippen LogP contribution >= 0.6 is 0 Å². The van der Waals surface area contributed by atoms with Crippen LogP contribution in [0.2, 0.25) is 0 Å². The summed E-state index contributed by atoms with van der Waals surface area (Å²) in [7, 11) is 0. The van der Waals surface area contributed by atoms with Crippen molar-refractivity contribution < 1.29 is 13.6 Å². The Labute approximate surface area is 136 Å². The molecule has 0 aliphatic carbocycles. The summed E-state index contributed by atoms with van der Waals surface area (Å²) in [6.45, 7) is 0.588. The molecule has 0 unspecified atom stereocenters. The van der Waals surface area contributed by atoms with Gasteiger partial charge in [0.15, 0.2) is 5.76 Å². The van der Waals surface area contributed by atoms with E-state index < -0.39 is 5.76 Å². The lowest BCUT2D eigenvalue weighted by atomic mass is 10.1. The van der Waals surface area contributed by atoms with Crippen LogP contribution in [0.15, 0.2) is 74.5 Å². The molecule has 0 amide bonds. The SMILES string of the molecule is O=c1oc(-c2ccco2)nn1CCOc1cccc2ccccc12. The number of rotatable bonds is 5. The molecule has 0 saturated heterocycles. The Bertz CT molecular complexity index is 1010. The van der Waals surface area contributed by atoms with Crippen molar-refractivity contribution in [3.05, 3.63) is 71.4 Å². The van der Waals surface area contributed by atoms with Crippen molar-refractivity contribution in [2.24, 2.45) is 0 Å². The highest BCUT2D eigenvalue weighted by Crippen LogP contribution is 2.25. The molecule has 6 nitrogen and oxygen atoms in total. The van der Waals surface area contributed by atoms with Crippen LogP contribution in [0.4, 0.5) is 0 Å². The molecular formula is C18H14N2O4. The highest BCUT2D eigenvalue weighted by molar-refractivity contribution is 5.88. The smallest absolute Gasteiger partial charge is 0.437 e. The van der Waals surface area contributed by atoms with Crippen LogP contribution in [0.5, 0.6) is 5.75 Å². The van der Waals surface area contributed by atoms with E-state index in [4.69, 9.17) is 13.6 Å². The van der Waals surface area contributed by atoms with E-state index in [-0.39, 0.29) is 12.4 Å². The van der Waals surface area contributed by atoms with Crippen LogP contribution in [-0.4, -0.2) is 16.4 Å². The normalized spacial score (nSPS) is 11.0. The van der Waals surface area contributed by atoms with Crippen molar-refractivity contribution in [2.75, 3.05) is 6.61 Å². The van der Waals surface area contributed by atoms with E-state index in [2.05, 4.69) is 5.10 Å². The second-order valence-corrected chi connectivity index (χ2v) is 5.20. The first-order chi connectivity index (χ1) is 11.8. The molecule has 0 bridgehead atoms. The van der Waals surface area contributed by atoms with Gasteiger partial charge < -0.3 is 13.6 Å². The largest absolute Gasteiger partial charge is 0.491 e. The Morgan fingerprint density at radius 1 is 1.04 bits per heavy atom. The number of ether oxygens (including phenoxy) is 1. The minimum Gasteiger partial charge on any atom is -0.491 e. The topological polar surface area (TPSA) is 70.4 Å². The first-order valence-electron chi connectivity index (χ1n) is 7.54. The van der Waals surface area contributed by atoms with Gasteiger partial charge in [-0.2, -0.15) is 4.68 Å². The first kappa shape index (κ1) is 14.3. The molecule has 0 aliphatic rings. The number of fused-ring (bicyclic) bond motifs is 1. The van der Waals surface area contributed by atoms with Crippen LogP contribution in [0, 0.1) is 0 Å². The highest BCUT2D eigenvalue weighted by Gasteiger charge is 2.12. The van der Waals surface area contributed by atoms with Crippen LogP contribution in [0.1, 0.15) is 0 Å². The van der Waals surface area contributed by atoms with Gasteiger partial charge in [0.1, 0.15) is 12.4 Å². The molecule has 0 saturated carbocycles. The lowest BCUT2D eigenvalue weighted by molar-refractivity contribution is 0.288. The molecule has 6 heteroatoms. The number of nitrogens with zero attached hydrogens (tertiary/aromatic N) is 2. The molecule has 0 fully saturated rings. The summed E-state index contributed by atoms with van der Waals surface area (Å²) in [5.41, 5.74) is 0. The molecule has 4 rings (SSSR count). The third-order valence-electron chi connectivity index (χ3n) is 3.65. The van der Waals surface area contributed by atoms with Crippen molar-refractivity contribution in [1.29, 1.82) is 0 Å². The van der Waals surface area contributed by atoms with E-state index in [1.165, 1.54) is 10.9 Å². The van der Waals surface area contributed by atoms with Gasteiger partial charge in [-0.3, -0.25) is 0 Å². The molecule has 2 heterocycles. The predicted octanol–water partition coefficient (Wildman–Crippen LogP) is 3.33. The van der Waals surface area contributed by atoms with Crippen molar-refractivity contribution >= 4 is 10.8 Å². The maximum atomic E-state index is 11.8. The average molecular weight is 322 g/mol. The summed E-state index contributed by atoms with van der Waals surface area (Å²) in [5.74, 6) is 0.815. The van der Waals surface area contributed by atoms with Gasteiger partial charge in [0, 0.05) is 5.39 Å². The van der Waals surface area contributed by atoms with Gasteiger partial charge in [0.25, 0.3) is 5.89 Å². The van der Waals surface area contributed by atoms with Crippen molar-refractivity contribution in [1.82, 2.24) is 9.78 Å². The second kappa shape index (κ2) is 6.08. The monoisotopic (exact) mass is 322 g/mol. The van der Waals surface area contributed by atoms with E-state index in [1.54, 1.807) is 12.1 Å². The molecule has 0 radical (unpaired) electrons. The molecule has 0 aliphatic heterocycles. The molecule has 24 heavy (non-hydrogen) atoms. The van der Waals surface area contributed by atoms with Crippen LogP contribution in [0.3, 0.4) is 0 Å². The van der Waals surface area contributed by atoms with Crippen molar-refractivity contribution in [3.63, 3.8) is 0 Å². The minimum atomic E-state index is -0.539. The van der Waals surface area contributed by atoms with E-state index in [1.807, 2.05) is 42.5 Å². The fourth-order valence-electron chi connectivity index (χ4n) is 2.51. The summed E-state index contributed by atoms with van der Waals surface area (Å²) in [5, 5.41) is 6.25. The zero-order valence-electron chi connectivity index (χ0n) is 12.7. The number of hydrogen-bond donors (Lipinski definition) is 0. The zero-order chi connectivity index (χ0) is 16.4. The summed E-state index contributed by atoms with van der Waals surface area (Å²) < 4.78 is 17.3. The quantitative estimate of drug-likeness (QED) is 0.563. The van der Waals surface area contributed by atoms with Crippen molar-refractivity contribution in [3.8, 4) is 17.4 Å². The Balaban J connectivity index is 1.49. The Morgan fingerprint density at radius 2 is 1.92 bits per heavy atom. The van der Waals surface area contributed by atoms with Gasteiger partial charge in [0.05, 0.1) is 12.8 Å². The van der Waals surface area contributed by atoms with Gasteiger partial charge in [0.2, 0.25) is 0 Å². The Hall–Kier alpha value is -3.28. The molecular weight excluding hydrogens is 308 g/mol. The third kappa shape index (κ3) is 2.69. The van der Waals surface area contributed by atoms with E-state index >= 15 is 0 Å². The third-order valence-corrected chi connectivity index (χ3v) is 3.65. The molecule has 0 atom stereocenters. The van der Waals surface area contributed by atoms with Gasteiger partial charge in [-0.15, -0.1) is 5.10 Å². The summed E-state index contributed by atoms with van der Waals surface area (Å²) in [4.78, 5) is 11.8. The van der Waals surface area contributed by atoms with Gasteiger partial charge >= 0.3 is 5.76 Å². The Morgan fingerprint density at radius 3 is 2.79 bits per heavy atom. The summed E-state index contributed by atoms with van der Waals surface area (Å²) in [6, 6.07) is 17.2. The van der Waals surface area contributed by atoms with Crippen molar-refractivity contribution in [2.45, 2.75) is 6.54 Å². The lowest BCUT2D eigenvalue weighted by Gasteiger charge is -2.08. The van der Waals surface area contributed by atoms with Crippen LogP contribution in [-0.2, 0) is 6.54 Å². The summed E-state index contributed by atoms with van der Waals surface area (Å²) >= 11 is 0. The average Bonchev–Trinajstić information content (AvgIpc) is 3.25. The Kier molecular flexibility index (Phi) is 3.63. The number of hydrogen-bond acceptors (Lipinski definition) is 5. The second-order valence-electron chi connectivity index (χ2n) is 5.20. The molecule has 120 valence electrons. The van der Waals surface area contributed by atoms with Crippen LogP contribution < -0.4 is 10.5 Å². The lowest BCUT2D eigenvalue weighted by Crippen LogP contribution is -2.20. The number of aromatic nitrogens is 2. The molecule has 4 aromatic rings. The first-order valence-corrected chi connectivity index (χ1v) is 7.54. The van der Waals surface area contributed by atoms with E-state index in [0.29, 0.717) is 12.4 Å². The van der Waals surface area contributed by atoms with Gasteiger partial charge in [-0.1, -0.05) is 36.4 Å². The molecule has 2 aromatic carbocycles. The minimum absolute atomic E-state index is 0.162. The van der Waals surface area contributed by atoms with Gasteiger partial charge in [-0.25, -0.2) is 4.79 Å². The molecule has 0 spiro atoms. The maximum Gasteiger partial charge on any atom is 0.437 e. The van der Waals surface area contributed by atoms with E-state index in [9.17, 15) is 4.79 Å². The fraction of sp³-hybridized carbons (Fsp3) is 0.111. The molecule has 0 N–H and O–H groups in total. The maximum absolute atomic E-state index is 11.8. The van der Waals surface area contributed by atoms with Gasteiger partial charge in [-0.05, 0) is 23.6 Å². The fourth-order valence-corrected chi connectivity index (χ4v) is 2.51. The number of benzene rings is 2. The number of furan rings is 1. The predicted molar refractivity (Wildman–Crippen MR) is 87.9 cm³/mol. The van der Waals surface area contributed by atoms with Crippen LogP contribution in [0.25, 0.3) is 22.4 Å². The molecule has 2 aromatic heterocycles.